The number of thiazole rings is 1. The first-order valence-corrected chi connectivity index (χ1v) is 8.61. The molecule has 1 fully saturated rings. The van der Waals surface area contributed by atoms with Crippen molar-refractivity contribution in [1.82, 2.24) is 4.98 Å². The zero-order chi connectivity index (χ0) is 16.1. The fraction of sp³-hybridized carbons (Fsp3) is 0.412. The summed E-state index contributed by atoms with van der Waals surface area (Å²) in [6.07, 6.45) is 6.02. The second kappa shape index (κ2) is 7.66. The van der Waals surface area contributed by atoms with E-state index in [0.717, 1.165) is 36.3 Å². The van der Waals surface area contributed by atoms with Crippen LogP contribution in [0.2, 0.25) is 0 Å². The van der Waals surface area contributed by atoms with Crippen LogP contribution in [0.1, 0.15) is 36.1 Å². The lowest BCUT2D eigenvalue weighted by atomic mass is 10.1. The Kier molecular flexibility index (Phi) is 5.35. The Morgan fingerprint density at radius 1 is 1.39 bits per heavy atom. The minimum Gasteiger partial charge on any atom is -0.378 e. The second-order valence-corrected chi connectivity index (χ2v) is 6.77. The summed E-state index contributed by atoms with van der Waals surface area (Å²) < 4.78 is 18.4. The summed E-state index contributed by atoms with van der Waals surface area (Å²) in [5.74, 6) is -0.263. The van der Waals surface area contributed by atoms with Crippen LogP contribution in [-0.2, 0) is 16.0 Å². The third-order valence-electron chi connectivity index (χ3n) is 3.81. The highest BCUT2D eigenvalue weighted by Crippen LogP contribution is 2.22. The van der Waals surface area contributed by atoms with E-state index in [2.05, 4.69) is 10.3 Å². The standard InChI is InChI=1S/C17H19FN2O2S/c18-13-5-3-12(4-6-13)10-15-11-19-17(23-15)20-16(21)8-7-14-2-1-9-22-14/h3-6,11,14H,1-2,7-10H2,(H,19,20,21)/t14-/m1/s1. The van der Waals surface area contributed by atoms with Gasteiger partial charge in [-0.25, -0.2) is 9.37 Å². The third-order valence-corrected chi connectivity index (χ3v) is 4.72. The largest absolute Gasteiger partial charge is 0.378 e. The van der Waals surface area contributed by atoms with Crippen LogP contribution in [0.3, 0.4) is 0 Å². The molecule has 1 aromatic carbocycles. The van der Waals surface area contributed by atoms with Gasteiger partial charge >= 0.3 is 0 Å². The molecule has 1 saturated heterocycles. The van der Waals surface area contributed by atoms with Gasteiger partial charge in [0.1, 0.15) is 5.82 Å². The molecule has 1 aliphatic rings. The van der Waals surface area contributed by atoms with Crippen molar-refractivity contribution < 1.29 is 13.9 Å². The van der Waals surface area contributed by atoms with E-state index in [9.17, 15) is 9.18 Å². The van der Waals surface area contributed by atoms with E-state index in [1.807, 2.05) is 0 Å². The van der Waals surface area contributed by atoms with Gasteiger partial charge in [0.25, 0.3) is 0 Å². The topological polar surface area (TPSA) is 51.2 Å². The van der Waals surface area contributed by atoms with Crippen molar-refractivity contribution >= 4 is 22.4 Å². The first kappa shape index (κ1) is 16.1. The monoisotopic (exact) mass is 334 g/mol. The molecular weight excluding hydrogens is 315 g/mol. The Morgan fingerprint density at radius 3 is 2.96 bits per heavy atom. The number of benzene rings is 1. The maximum Gasteiger partial charge on any atom is 0.226 e. The van der Waals surface area contributed by atoms with Crippen molar-refractivity contribution in [3.8, 4) is 0 Å². The fourth-order valence-electron chi connectivity index (χ4n) is 2.60. The van der Waals surface area contributed by atoms with Gasteiger partial charge < -0.3 is 10.1 Å². The molecule has 0 unspecified atom stereocenters. The molecule has 0 bridgehead atoms. The molecule has 0 aliphatic carbocycles. The van der Waals surface area contributed by atoms with Crippen molar-refractivity contribution in [3.63, 3.8) is 0 Å². The number of carbonyl (C=O) groups excluding carboxylic acids is 1. The number of amides is 1. The molecule has 1 atom stereocenters. The molecule has 1 aromatic heterocycles. The number of nitrogens with zero attached hydrogens (tertiary/aromatic N) is 1. The number of hydrogen-bond donors (Lipinski definition) is 1. The highest BCUT2D eigenvalue weighted by Gasteiger charge is 2.17. The SMILES string of the molecule is O=C(CC[C@H]1CCCO1)Nc1ncc(Cc2ccc(F)cc2)s1. The first-order chi connectivity index (χ1) is 11.2. The molecule has 0 saturated carbocycles. The van der Waals surface area contributed by atoms with Crippen LogP contribution in [0.5, 0.6) is 0 Å². The Morgan fingerprint density at radius 2 is 2.22 bits per heavy atom. The number of aromatic nitrogens is 1. The molecule has 2 heterocycles. The minimum absolute atomic E-state index is 0.0248. The number of nitrogens with one attached hydrogen (secondary N) is 1. The van der Waals surface area contributed by atoms with Gasteiger partial charge in [0.05, 0.1) is 6.10 Å². The number of anilines is 1. The predicted molar refractivity (Wildman–Crippen MR) is 88.2 cm³/mol. The van der Waals surface area contributed by atoms with Crippen molar-refractivity contribution in [2.75, 3.05) is 11.9 Å². The number of halogens is 1. The van der Waals surface area contributed by atoms with E-state index in [0.29, 0.717) is 18.0 Å². The molecular formula is C17H19FN2O2S. The van der Waals surface area contributed by atoms with Gasteiger partial charge in [0.15, 0.2) is 5.13 Å². The molecule has 1 aliphatic heterocycles. The zero-order valence-electron chi connectivity index (χ0n) is 12.8. The van der Waals surface area contributed by atoms with Crippen LogP contribution in [0.15, 0.2) is 30.5 Å². The molecule has 122 valence electrons. The van der Waals surface area contributed by atoms with E-state index in [1.54, 1.807) is 18.3 Å². The summed E-state index contributed by atoms with van der Waals surface area (Å²) in [5, 5.41) is 3.44. The minimum atomic E-state index is -0.239. The van der Waals surface area contributed by atoms with Crippen molar-refractivity contribution in [2.24, 2.45) is 0 Å². The molecule has 0 radical (unpaired) electrons. The number of hydrogen-bond acceptors (Lipinski definition) is 4. The van der Waals surface area contributed by atoms with Gasteiger partial charge in [-0.2, -0.15) is 0 Å². The Balaban J connectivity index is 1.48. The molecule has 1 amide bonds. The lowest BCUT2D eigenvalue weighted by Crippen LogP contribution is -2.15. The smallest absolute Gasteiger partial charge is 0.226 e. The van der Waals surface area contributed by atoms with Gasteiger partial charge in [0.2, 0.25) is 5.91 Å². The Bertz CT molecular complexity index is 651. The average Bonchev–Trinajstić information content (AvgIpc) is 3.20. The van der Waals surface area contributed by atoms with Crippen LogP contribution in [0, 0.1) is 5.82 Å². The van der Waals surface area contributed by atoms with Gasteiger partial charge in [0, 0.05) is 30.5 Å². The summed E-state index contributed by atoms with van der Waals surface area (Å²) in [7, 11) is 0. The number of ether oxygens (including phenoxy) is 1. The van der Waals surface area contributed by atoms with Gasteiger partial charge in [-0.3, -0.25) is 4.79 Å². The van der Waals surface area contributed by atoms with Crippen LogP contribution < -0.4 is 5.32 Å². The molecule has 0 spiro atoms. The van der Waals surface area contributed by atoms with Crippen LogP contribution >= 0.6 is 11.3 Å². The normalized spacial score (nSPS) is 17.3. The Hall–Kier alpha value is -1.79. The van der Waals surface area contributed by atoms with Gasteiger partial charge in [-0.1, -0.05) is 12.1 Å². The summed E-state index contributed by atoms with van der Waals surface area (Å²) in [6.45, 7) is 0.811. The van der Waals surface area contributed by atoms with Gasteiger partial charge in [-0.05, 0) is 37.0 Å². The van der Waals surface area contributed by atoms with Crippen LogP contribution in [0.25, 0.3) is 0 Å². The third kappa shape index (κ3) is 4.84. The summed E-state index contributed by atoms with van der Waals surface area (Å²) in [4.78, 5) is 17.2. The van der Waals surface area contributed by atoms with E-state index in [4.69, 9.17) is 4.74 Å². The first-order valence-electron chi connectivity index (χ1n) is 7.79. The van der Waals surface area contributed by atoms with Crippen molar-refractivity contribution in [2.45, 2.75) is 38.2 Å². The van der Waals surface area contributed by atoms with E-state index >= 15 is 0 Å². The second-order valence-electron chi connectivity index (χ2n) is 5.66. The lowest BCUT2D eigenvalue weighted by Gasteiger charge is -2.07. The van der Waals surface area contributed by atoms with Crippen LogP contribution in [-0.4, -0.2) is 23.6 Å². The molecule has 4 nitrogen and oxygen atoms in total. The van der Waals surface area contributed by atoms with E-state index in [-0.39, 0.29) is 17.8 Å². The maximum absolute atomic E-state index is 12.9. The van der Waals surface area contributed by atoms with E-state index in [1.165, 1.54) is 23.5 Å². The average molecular weight is 334 g/mol. The number of carbonyl (C=O) groups is 1. The summed E-state index contributed by atoms with van der Waals surface area (Å²) in [5.41, 5.74) is 1.02. The summed E-state index contributed by atoms with van der Waals surface area (Å²) >= 11 is 1.45. The fourth-order valence-corrected chi connectivity index (χ4v) is 3.46. The lowest BCUT2D eigenvalue weighted by molar-refractivity contribution is -0.116. The number of rotatable bonds is 6. The molecule has 1 N–H and O–H groups in total. The van der Waals surface area contributed by atoms with Crippen molar-refractivity contribution in [1.29, 1.82) is 0 Å². The maximum atomic E-state index is 12.9. The van der Waals surface area contributed by atoms with Crippen molar-refractivity contribution in [3.05, 3.63) is 46.7 Å². The molecule has 23 heavy (non-hydrogen) atoms. The van der Waals surface area contributed by atoms with Gasteiger partial charge in [-0.15, -0.1) is 11.3 Å². The molecule has 6 heteroatoms. The Labute approximate surface area is 138 Å². The highest BCUT2D eigenvalue weighted by molar-refractivity contribution is 7.15. The van der Waals surface area contributed by atoms with E-state index < -0.39 is 0 Å². The molecule has 3 rings (SSSR count). The highest BCUT2D eigenvalue weighted by atomic mass is 32.1. The predicted octanol–water partition coefficient (Wildman–Crippen LogP) is 3.77. The summed E-state index contributed by atoms with van der Waals surface area (Å²) in [6, 6.07) is 6.41. The zero-order valence-corrected chi connectivity index (χ0v) is 13.6. The molecule has 2 aromatic rings. The van der Waals surface area contributed by atoms with Crippen LogP contribution in [0.4, 0.5) is 9.52 Å². The quantitative estimate of drug-likeness (QED) is 0.875.